The van der Waals surface area contributed by atoms with Gasteiger partial charge in [-0.2, -0.15) is 0 Å². The molecule has 0 bridgehead atoms. The van der Waals surface area contributed by atoms with Crippen LogP contribution in [0.15, 0.2) is 144 Å². The van der Waals surface area contributed by atoms with Gasteiger partial charge < -0.3 is 4.42 Å². The van der Waals surface area contributed by atoms with E-state index in [1.807, 2.05) is 72.8 Å². The van der Waals surface area contributed by atoms with Crippen molar-refractivity contribution >= 4 is 53.4 Å². The minimum Gasteiger partial charge on any atom is -0.455 e. The quantitative estimate of drug-likeness (QED) is 0.207. The Kier molecular flexibility index (Phi) is 5.64. The summed E-state index contributed by atoms with van der Waals surface area (Å²) in [6, 6.07) is 47.9. The van der Waals surface area contributed by atoms with E-state index in [4.69, 9.17) is 19.4 Å². The first-order valence-corrected chi connectivity index (χ1v) is 15.4. The minimum absolute atomic E-state index is 0.657. The first-order valence-electron chi connectivity index (χ1n) is 14.5. The van der Waals surface area contributed by atoms with Crippen LogP contribution >= 0.6 is 11.3 Å². The highest BCUT2D eigenvalue weighted by atomic mass is 32.1. The van der Waals surface area contributed by atoms with Crippen LogP contribution in [-0.4, -0.2) is 15.0 Å². The van der Waals surface area contributed by atoms with Crippen molar-refractivity contribution in [2.24, 2.45) is 0 Å². The van der Waals surface area contributed by atoms with E-state index < -0.39 is 0 Å². The summed E-state index contributed by atoms with van der Waals surface area (Å²) in [5.74, 6) is 1.98. The molecule has 206 valence electrons. The average molecular weight is 582 g/mol. The molecule has 6 aromatic carbocycles. The minimum atomic E-state index is 0.657. The molecule has 9 rings (SSSR count). The Balaban J connectivity index is 1.29. The first-order chi connectivity index (χ1) is 21.8. The molecule has 44 heavy (non-hydrogen) atoms. The number of fused-ring (bicyclic) bond motifs is 6. The van der Waals surface area contributed by atoms with Crippen molar-refractivity contribution in [3.8, 4) is 45.3 Å². The van der Waals surface area contributed by atoms with Gasteiger partial charge in [-0.1, -0.05) is 127 Å². The third-order valence-electron chi connectivity index (χ3n) is 8.16. The van der Waals surface area contributed by atoms with Crippen molar-refractivity contribution in [2.75, 3.05) is 0 Å². The van der Waals surface area contributed by atoms with Crippen LogP contribution in [0.2, 0.25) is 0 Å². The van der Waals surface area contributed by atoms with Gasteiger partial charge in [0.25, 0.3) is 0 Å². The van der Waals surface area contributed by atoms with Crippen LogP contribution in [-0.2, 0) is 0 Å². The number of aromatic nitrogens is 3. The summed E-state index contributed by atoms with van der Waals surface area (Å²) in [6.07, 6.45) is 0. The third kappa shape index (κ3) is 3.94. The molecule has 0 N–H and O–H groups in total. The molecule has 0 aliphatic rings. The fourth-order valence-electron chi connectivity index (χ4n) is 6.10. The summed E-state index contributed by atoms with van der Waals surface area (Å²) in [5.41, 5.74) is 6.97. The maximum absolute atomic E-state index is 6.44. The highest BCUT2D eigenvalue weighted by Gasteiger charge is 2.19. The molecule has 0 aliphatic heterocycles. The summed E-state index contributed by atoms with van der Waals surface area (Å²) in [4.78, 5) is 15.0. The Bertz CT molecular complexity index is 2440. The van der Waals surface area contributed by atoms with Gasteiger partial charge in [0.1, 0.15) is 11.2 Å². The van der Waals surface area contributed by atoms with Crippen LogP contribution in [0.3, 0.4) is 0 Å². The van der Waals surface area contributed by atoms with Crippen LogP contribution < -0.4 is 0 Å². The monoisotopic (exact) mass is 581 g/mol. The van der Waals surface area contributed by atoms with Gasteiger partial charge in [-0.15, -0.1) is 11.3 Å². The standard InChI is InChI=1S/C39H23N3OS/c1-3-12-24(13-4-1)37-40-38(25-14-5-2-6-15-25)42-39(41-37)32-22-11-21-31-30-20-10-19-29(35(30)44-36(31)32)28-18-9-17-27-26-16-7-8-23-33(26)43-34(27)28/h1-23H. The lowest BCUT2D eigenvalue weighted by atomic mass is 10.00. The summed E-state index contributed by atoms with van der Waals surface area (Å²) >= 11 is 1.78. The maximum atomic E-state index is 6.44. The summed E-state index contributed by atoms with van der Waals surface area (Å²) in [6.45, 7) is 0. The average Bonchev–Trinajstić information content (AvgIpc) is 3.68. The van der Waals surface area contributed by atoms with E-state index >= 15 is 0 Å². The fraction of sp³-hybridized carbons (Fsp3) is 0. The van der Waals surface area contributed by atoms with Crippen LogP contribution in [0.25, 0.3) is 87.4 Å². The number of rotatable bonds is 4. The number of hydrogen-bond donors (Lipinski definition) is 0. The molecule has 0 saturated heterocycles. The molecular formula is C39H23N3OS. The highest BCUT2D eigenvalue weighted by Crippen LogP contribution is 2.45. The predicted octanol–water partition coefficient (Wildman–Crippen LogP) is 10.8. The first kappa shape index (κ1) is 24.9. The normalized spacial score (nSPS) is 11.6. The molecule has 0 unspecified atom stereocenters. The van der Waals surface area contributed by atoms with Crippen LogP contribution in [0.4, 0.5) is 0 Å². The van der Waals surface area contributed by atoms with Crippen LogP contribution in [0, 0.1) is 0 Å². The SMILES string of the molecule is c1ccc(-c2nc(-c3ccccc3)nc(-c3cccc4c3sc3c(-c5cccc6c5oc5ccccc56)cccc34)n2)cc1. The van der Waals surface area contributed by atoms with Crippen LogP contribution in [0.1, 0.15) is 0 Å². The van der Waals surface area contributed by atoms with Gasteiger partial charge in [-0.25, -0.2) is 15.0 Å². The second-order valence-corrected chi connectivity index (χ2v) is 11.8. The molecule has 3 aromatic heterocycles. The number of hydrogen-bond acceptors (Lipinski definition) is 5. The van der Waals surface area contributed by atoms with E-state index in [9.17, 15) is 0 Å². The molecule has 5 heteroatoms. The lowest BCUT2D eigenvalue weighted by Crippen LogP contribution is -2.00. The van der Waals surface area contributed by atoms with E-state index in [0.717, 1.165) is 54.5 Å². The molecule has 0 atom stereocenters. The molecule has 0 saturated carbocycles. The molecule has 9 aromatic rings. The topological polar surface area (TPSA) is 51.8 Å². The number of benzene rings is 6. The van der Waals surface area contributed by atoms with Crippen molar-refractivity contribution in [3.05, 3.63) is 140 Å². The number of furan rings is 1. The molecule has 4 nitrogen and oxygen atoms in total. The van der Waals surface area contributed by atoms with Gasteiger partial charge in [0.05, 0.1) is 0 Å². The smallest absolute Gasteiger partial charge is 0.165 e. The fourth-order valence-corrected chi connectivity index (χ4v) is 7.43. The highest BCUT2D eigenvalue weighted by molar-refractivity contribution is 7.26. The van der Waals surface area contributed by atoms with Crippen molar-refractivity contribution in [1.29, 1.82) is 0 Å². The van der Waals surface area contributed by atoms with Gasteiger partial charge in [0.15, 0.2) is 17.5 Å². The maximum Gasteiger partial charge on any atom is 0.165 e. The Labute approximate surface area is 256 Å². The van der Waals surface area contributed by atoms with Gasteiger partial charge in [0.2, 0.25) is 0 Å². The van der Waals surface area contributed by atoms with Crippen molar-refractivity contribution in [3.63, 3.8) is 0 Å². The van der Waals surface area contributed by atoms with E-state index in [1.165, 1.54) is 15.5 Å². The zero-order valence-electron chi connectivity index (χ0n) is 23.4. The van der Waals surface area contributed by atoms with Crippen LogP contribution in [0.5, 0.6) is 0 Å². The zero-order valence-corrected chi connectivity index (χ0v) is 24.3. The molecule has 0 fully saturated rings. The Morgan fingerprint density at radius 3 is 1.57 bits per heavy atom. The number of thiophene rings is 1. The van der Waals surface area contributed by atoms with E-state index in [1.54, 1.807) is 11.3 Å². The van der Waals surface area contributed by atoms with E-state index in [2.05, 4.69) is 66.7 Å². The van der Waals surface area contributed by atoms with E-state index in [0.29, 0.717) is 17.5 Å². The van der Waals surface area contributed by atoms with Gasteiger partial charge in [0, 0.05) is 58.8 Å². The van der Waals surface area contributed by atoms with Crippen molar-refractivity contribution in [2.45, 2.75) is 0 Å². The Morgan fingerprint density at radius 2 is 0.886 bits per heavy atom. The van der Waals surface area contributed by atoms with Crippen molar-refractivity contribution < 1.29 is 4.42 Å². The number of para-hydroxylation sites is 2. The third-order valence-corrected chi connectivity index (χ3v) is 9.45. The molecule has 0 aliphatic carbocycles. The van der Waals surface area contributed by atoms with Crippen molar-refractivity contribution in [1.82, 2.24) is 15.0 Å². The molecule has 0 amide bonds. The Hall–Kier alpha value is -5.65. The molecule has 3 heterocycles. The second-order valence-electron chi connectivity index (χ2n) is 10.8. The Morgan fingerprint density at radius 1 is 0.386 bits per heavy atom. The second kappa shape index (κ2) is 9.97. The molecule has 0 spiro atoms. The zero-order chi connectivity index (χ0) is 29.0. The lowest BCUT2D eigenvalue weighted by Gasteiger charge is -2.09. The molecular weight excluding hydrogens is 559 g/mol. The largest absolute Gasteiger partial charge is 0.455 e. The van der Waals surface area contributed by atoms with Gasteiger partial charge >= 0.3 is 0 Å². The summed E-state index contributed by atoms with van der Waals surface area (Å²) in [5, 5.41) is 4.65. The van der Waals surface area contributed by atoms with E-state index in [-0.39, 0.29) is 0 Å². The lowest BCUT2D eigenvalue weighted by molar-refractivity contribution is 0.670. The predicted molar refractivity (Wildman–Crippen MR) is 182 cm³/mol. The molecule has 0 radical (unpaired) electrons. The summed E-state index contributed by atoms with van der Waals surface area (Å²) in [7, 11) is 0. The summed E-state index contributed by atoms with van der Waals surface area (Å²) < 4.78 is 8.80. The number of nitrogens with zero attached hydrogens (tertiary/aromatic N) is 3. The van der Waals surface area contributed by atoms with Gasteiger partial charge in [-0.3, -0.25) is 0 Å². The van der Waals surface area contributed by atoms with Gasteiger partial charge in [-0.05, 0) is 12.1 Å².